The molecule has 0 radical (unpaired) electrons. The van der Waals surface area contributed by atoms with Crippen molar-refractivity contribution in [3.8, 4) is 0 Å². The van der Waals surface area contributed by atoms with Gasteiger partial charge < -0.3 is 5.32 Å². The van der Waals surface area contributed by atoms with Gasteiger partial charge in [0.15, 0.2) is 0 Å². The normalized spacial score (nSPS) is 10.6. The van der Waals surface area contributed by atoms with E-state index in [9.17, 15) is 4.79 Å². The third kappa shape index (κ3) is 4.61. The van der Waals surface area contributed by atoms with Crippen molar-refractivity contribution < 1.29 is 4.79 Å². The lowest BCUT2D eigenvalue weighted by Crippen LogP contribution is -2.23. The Bertz CT molecular complexity index is 867. The van der Waals surface area contributed by atoms with Crippen molar-refractivity contribution >= 4 is 29.3 Å². The van der Waals surface area contributed by atoms with E-state index in [4.69, 9.17) is 11.6 Å². The summed E-state index contributed by atoms with van der Waals surface area (Å²) in [7, 11) is 0. The fourth-order valence-electron chi connectivity index (χ4n) is 2.42. The van der Waals surface area contributed by atoms with E-state index in [1.54, 1.807) is 28.8 Å². The summed E-state index contributed by atoms with van der Waals surface area (Å²) in [5.74, 6) is -0.178. The molecule has 1 aromatic heterocycles. The van der Waals surface area contributed by atoms with Crippen LogP contribution in [0.4, 0.5) is 0 Å². The summed E-state index contributed by atoms with van der Waals surface area (Å²) in [6.45, 7) is 1.08. The second-order valence-corrected chi connectivity index (χ2v) is 6.73. The molecule has 25 heavy (non-hydrogen) atoms. The van der Waals surface area contributed by atoms with Crippen LogP contribution in [0.2, 0.25) is 5.02 Å². The lowest BCUT2D eigenvalue weighted by atomic mass is 10.1. The van der Waals surface area contributed by atoms with Crippen molar-refractivity contribution in [2.45, 2.75) is 18.0 Å². The summed E-state index contributed by atoms with van der Waals surface area (Å²) in [6.07, 6.45) is 5.15. The molecule has 0 saturated heterocycles. The Morgan fingerprint density at radius 1 is 1.24 bits per heavy atom. The number of carbonyl (C=O) groups excluding carboxylic acids is 1. The van der Waals surface area contributed by atoms with Crippen LogP contribution in [0.15, 0.2) is 60.0 Å². The van der Waals surface area contributed by atoms with Gasteiger partial charge in [0, 0.05) is 11.4 Å². The van der Waals surface area contributed by atoms with Crippen molar-refractivity contribution in [3.05, 3.63) is 76.8 Å². The third-order valence-corrected chi connectivity index (χ3v) is 4.73. The smallest absolute Gasteiger partial charge is 0.253 e. The van der Waals surface area contributed by atoms with Crippen LogP contribution in [0.25, 0.3) is 0 Å². The number of amides is 1. The Balaban J connectivity index is 1.66. The van der Waals surface area contributed by atoms with E-state index in [0.717, 1.165) is 16.0 Å². The van der Waals surface area contributed by atoms with Crippen LogP contribution < -0.4 is 5.32 Å². The number of aromatic nitrogens is 3. The summed E-state index contributed by atoms with van der Waals surface area (Å²) in [5.41, 5.74) is 2.61. The molecule has 2 aromatic carbocycles. The number of thioether (sulfide) groups is 1. The van der Waals surface area contributed by atoms with Gasteiger partial charge in [-0.25, -0.2) is 9.67 Å². The maximum absolute atomic E-state index is 12.4. The number of halogens is 1. The van der Waals surface area contributed by atoms with Gasteiger partial charge in [-0.3, -0.25) is 4.79 Å². The fourth-order valence-corrected chi connectivity index (χ4v) is 3.07. The predicted molar refractivity (Wildman–Crippen MR) is 100.0 cm³/mol. The lowest BCUT2D eigenvalue weighted by molar-refractivity contribution is 0.0951. The van der Waals surface area contributed by atoms with Crippen molar-refractivity contribution in [2.24, 2.45) is 0 Å². The summed E-state index contributed by atoms with van der Waals surface area (Å²) < 4.78 is 1.76. The van der Waals surface area contributed by atoms with E-state index in [0.29, 0.717) is 23.7 Å². The molecule has 7 heteroatoms. The molecule has 0 fully saturated rings. The van der Waals surface area contributed by atoms with Crippen molar-refractivity contribution in [3.63, 3.8) is 0 Å². The van der Waals surface area contributed by atoms with Crippen molar-refractivity contribution in [1.29, 1.82) is 0 Å². The number of rotatable bonds is 6. The molecule has 3 rings (SSSR count). The van der Waals surface area contributed by atoms with Gasteiger partial charge in [-0.05, 0) is 35.6 Å². The highest BCUT2D eigenvalue weighted by Crippen LogP contribution is 2.23. The minimum Gasteiger partial charge on any atom is -0.348 e. The van der Waals surface area contributed by atoms with Gasteiger partial charge in [0.25, 0.3) is 5.91 Å². The summed E-state index contributed by atoms with van der Waals surface area (Å²) in [5, 5.41) is 7.48. The minimum atomic E-state index is -0.178. The highest BCUT2D eigenvalue weighted by Gasteiger charge is 2.11. The molecule has 0 saturated carbocycles. The second kappa shape index (κ2) is 8.18. The molecule has 3 aromatic rings. The second-order valence-electron chi connectivity index (χ2n) is 5.44. The van der Waals surface area contributed by atoms with Crippen molar-refractivity contribution in [1.82, 2.24) is 20.1 Å². The average molecular weight is 373 g/mol. The summed E-state index contributed by atoms with van der Waals surface area (Å²) in [4.78, 5) is 17.4. The zero-order valence-corrected chi connectivity index (χ0v) is 15.2. The first kappa shape index (κ1) is 17.5. The zero-order chi connectivity index (χ0) is 17.6. The molecule has 0 bridgehead atoms. The van der Waals surface area contributed by atoms with Gasteiger partial charge in [-0.1, -0.05) is 35.9 Å². The van der Waals surface area contributed by atoms with Crippen LogP contribution in [0.1, 0.15) is 21.5 Å². The first-order chi connectivity index (χ1) is 12.2. The molecule has 1 N–H and O–H groups in total. The van der Waals surface area contributed by atoms with Gasteiger partial charge in [0.05, 0.1) is 17.1 Å². The standard InChI is InChI=1S/C18H17ClN4OS/c1-25-15-5-6-17(19)16(8-15)18(24)21-9-13-3-2-4-14(7-13)10-23-12-20-11-22-23/h2-8,11-12H,9-10H2,1H3,(H,21,24). The molecule has 1 heterocycles. The molecule has 0 atom stereocenters. The lowest BCUT2D eigenvalue weighted by Gasteiger charge is -2.09. The minimum absolute atomic E-state index is 0.178. The Kier molecular flexibility index (Phi) is 5.73. The first-order valence-electron chi connectivity index (χ1n) is 7.67. The van der Waals surface area contributed by atoms with E-state index in [2.05, 4.69) is 15.4 Å². The number of hydrogen-bond acceptors (Lipinski definition) is 4. The Morgan fingerprint density at radius 3 is 2.84 bits per heavy atom. The Hall–Kier alpha value is -2.31. The molecular formula is C18H17ClN4OS. The number of nitrogens with one attached hydrogen (secondary N) is 1. The first-order valence-corrected chi connectivity index (χ1v) is 9.28. The van der Waals surface area contributed by atoms with E-state index in [1.807, 2.05) is 42.7 Å². The van der Waals surface area contributed by atoms with Crippen molar-refractivity contribution in [2.75, 3.05) is 6.26 Å². The predicted octanol–water partition coefficient (Wildman–Crippen LogP) is 3.63. The molecule has 0 aliphatic rings. The largest absolute Gasteiger partial charge is 0.348 e. The molecule has 1 amide bonds. The van der Waals surface area contributed by atoms with Crippen LogP contribution in [-0.4, -0.2) is 26.9 Å². The van der Waals surface area contributed by atoms with E-state index < -0.39 is 0 Å². The summed E-state index contributed by atoms with van der Waals surface area (Å²) in [6, 6.07) is 13.5. The van der Waals surface area contributed by atoms with Crippen LogP contribution in [0, 0.1) is 0 Å². The quantitative estimate of drug-likeness (QED) is 0.671. The maximum Gasteiger partial charge on any atom is 0.253 e. The zero-order valence-electron chi connectivity index (χ0n) is 13.6. The fraction of sp³-hybridized carbons (Fsp3) is 0.167. The van der Waals surface area contributed by atoms with E-state index in [-0.39, 0.29) is 5.91 Å². The van der Waals surface area contributed by atoms with E-state index in [1.165, 1.54) is 6.33 Å². The highest BCUT2D eigenvalue weighted by atomic mass is 35.5. The monoisotopic (exact) mass is 372 g/mol. The molecule has 0 spiro atoms. The van der Waals surface area contributed by atoms with Crippen LogP contribution in [-0.2, 0) is 13.1 Å². The van der Waals surface area contributed by atoms with Gasteiger partial charge in [0.1, 0.15) is 12.7 Å². The van der Waals surface area contributed by atoms with Gasteiger partial charge in [-0.2, -0.15) is 5.10 Å². The number of hydrogen-bond donors (Lipinski definition) is 1. The molecule has 0 aliphatic carbocycles. The van der Waals surface area contributed by atoms with Crippen LogP contribution in [0.3, 0.4) is 0 Å². The van der Waals surface area contributed by atoms with Gasteiger partial charge in [0.2, 0.25) is 0 Å². The maximum atomic E-state index is 12.4. The van der Waals surface area contributed by atoms with Crippen LogP contribution >= 0.6 is 23.4 Å². The Morgan fingerprint density at radius 2 is 2.08 bits per heavy atom. The van der Waals surface area contributed by atoms with Gasteiger partial charge >= 0.3 is 0 Å². The topological polar surface area (TPSA) is 59.8 Å². The van der Waals surface area contributed by atoms with E-state index >= 15 is 0 Å². The molecule has 128 valence electrons. The molecule has 0 aliphatic heterocycles. The van der Waals surface area contributed by atoms with Gasteiger partial charge in [-0.15, -0.1) is 11.8 Å². The average Bonchev–Trinajstić information content (AvgIpc) is 3.13. The molecular weight excluding hydrogens is 356 g/mol. The number of benzene rings is 2. The SMILES string of the molecule is CSc1ccc(Cl)c(C(=O)NCc2cccc(Cn3cncn3)c2)c1. The summed E-state index contributed by atoms with van der Waals surface area (Å²) >= 11 is 7.72. The number of nitrogens with zero attached hydrogens (tertiary/aromatic N) is 3. The number of carbonyl (C=O) groups is 1. The third-order valence-electron chi connectivity index (χ3n) is 3.67. The van der Waals surface area contributed by atoms with Crippen LogP contribution in [0.5, 0.6) is 0 Å². The Labute approximate surface area is 155 Å². The molecule has 5 nitrogen and oxygen atoms in total. The highest BCUT2D eigenvalue weighted by molar-refractivity contribution is 7.98. The molecule has 0 unspecified atom stereocenters.